The van der Waals surface area contributed by atoms with Gasteiger partial charge in [0.05, 0.1) is 12.8 Å². The van der Waals surface area contributed by atoms with Crippen molar-refractivity contribution < 1.29 is 4.74 Å². The molecule has 0 aliphatic heterocycles. The minimum atomic E-state index is 0.241. The van der Waals surface area contributed by atoms with E-state index in [0.29, 0.717) is 5.56 Å². The van der Waals surface area contributed by atoms with E-state index in [1.165, 1.54) is 5.56 Å². The third-order valence-electron chi connectivity index (χ3n) is 4.22. The van der Waals surface area contributed by atoms with Crippen LogP contribution in [0.3, 0.4) is 0 Å². The van der Waals surface area contributed by atoms with Gasteiger partial charge in [-0.3, -0.25) is 0 Å². The van der Waals surface area contributed by atoms with Gasteiger partial charge in [0.15, 0.2) is 0 Å². The lowest BCUT2D eigenvalue weighted by Gasteiger charge is -2.11. The van der Waals surface area contributed by atoms with Crippen molar-refractivity contribution in [2.24, 2.45) is 0 Å². The summed E-state index contributed by atoms with van der Waals surface area (Å²) in [6.07, 6.45) is 0.973. The van der Waals surface area contributed by atoms with Crippen LogP contribution in [0.1, 0.15) is 18.1 Å². The first kappa shape index (κ1) is 16.5. The van der Waals surface area contributed by atoms with Gasteiger partial charge in [-0.05, 0) is 47.9 Å². The van der Waals surface area contributed by atoms with Crippen molar-refractivity contribution in [3.63, 3.8) is 0 Å². The molecule has 4 heteroatoms. The molecule has 3 rings (SSSR count). The highest BCUT2D eigenvalue weighted by molar-refractivity contribution is 5.80. The lowest BCUT2D eigenvalue weighted by molar-refractivity contribution is 0.415. The number of methoxy groups -OCH3 is 1. The van der Waals surface area contributed by atoms with Gasteiger partial charge in [-0.25, -0.2) is 4.98 Å². The highest BCUT2D eigenvalue weighted by atomic mass is 16.5. The smallest absolute Gasteiger partial charge is 0.142 e. The number of nitrogens with two attached hydrogens (primary N) is 1. The van der Waals surface area contributed by atoms with E-state index >= 15 is 0 Å². The zero-order valence-electron chi connectivity index (χ0n) is 14.3. The first-order chi connectivity index (χ1) is 12.2. The van der Waals surface area contributed by atoms with Gasteiger partial charge in [-0.2, -0.15) is 5.26 Å². The standard InChI is InChI=1S/C21H19N3O/c1-3-14-4-6-15(7-5-14)18-12-20(24-21(23)19(18)13-22)16-8-10-17(25-2)11-9-16/h4-12H,3H2,1-2H3,(H2,23,24). The first-order valence-corrected chi connectivity index (χ1v) is 8.10. The topological polar surface area (TPSA) is 71.9 Å². The van der Waals surface area contributed by atoms with Crippen molar-refractivity contribution in [3.8, 4) is 34.2 Å². The van der Waals surface area contributed by atoms with Crippen LogP contribution in [-0.4, -0.2) is 12.1 Å². The van der Waals surface area contributed by atoms with E-state index in [2.05, 4.69) is 30.1 Å². The highest BCUT2D eigenvalue weighted by Crippen LogP contribution is 2.31. The summed E-state index contributed by atoms with van der Waals surface area (Å²) in [7, 11) is 1.63. The van der Waals surface area contributed by atoms with E-state index in [9.17, 15) is 5.26 Å². The van der Waals surface area contributed by atoms with Crippen LogP contribution >= 0.6 is 0 Å². The molecule has 2 aromatic carbocycles. The van der Waals surface area contributed by atoms with Crippen LogP contribution in [0, 0.1) is 11.3 Å². The number of ether oxygens (including phenoxy) is 1. The van der Waals surface area contributed by atoms with Crippen molar-refractivity contribution in [2.45, 2.75) is 13.3 Å². The maximum atomic E-state index is 9.50. The van der Waals surface area contributed by atoms with Crippen molar-refractivity contribution in [2.75, 3.05) is 12.8 Å². The maximum Gasteiger partial charge on any atom is 0.142 e. The molecule has 0 aliphatic carbocycles. The monoisotopic (exact) mass is 329 g/mol. The summed E-state index contributed by atoms with van der Waals surface area (Å²) in [6.45, 7) is 2.11. The zero-order valence-corrected chi connectivity index (χ0v) is 14.3. The van der Waals surface area contributed by atoms with E-state index in [1.54, 1.807) is 7.11 Å². The number of hydrogen-bond donors (Lipinski definition) is 1. The number of pyridine rings is 1. The Hall–Kier alpha value is -3.32. The van der Waals surface area contributed by atoms with Crippen LogP contribution in [0.4, 0.5) is 5.82 Å². The third-order valence-corrected chi connectivity index (χ3v) is 4.22. The van der Waals surface area contributed by atoms with Crippen LogP contribution in [0.2, 0.25) is 0 Å². The molecule has 0 amide bonds. The fourth-order valence-corrected chi connectivity index (χ4v) is 2.74. The van der Waals surface area contributed by atoms with E-state index in [0.717, 1.165) is 34.6 Å². The summed E-state index contributed by atoms with van der Waals surface area (Å²) < 4.78 is 5.19. The molecule has 0 atom stereocenters. The molecule has 4 nitrogen and oxygen atoms in total. The number of benzene rings is 2. The lowest BCUT2D eigenvalue weighted by Crippen LogP contribution is -2.00. The summed E-state index contributed by atoms with van der Waals surface area (Å²) in [5.41, 5.74) is 11.1. The second-order valence-corrected chi connectivity index (χ2v) is 5.71. The lowest BCUT2D eigenvalue weighted by atomic mass is 9.97. The molecule has 3 aromatic rings. The van der Waals surface area contributed by atoms with Crippen molar-refractivity contribution >= 4 is 5.82 Å². The minimum Gasteiger partial charge on any atom is -0.497 e. The first-order valence-electron chi connectivity index (χ1n) is 8.10. The highest BCUT2D eigenvalue weighted by Gasteiger charge is 2.13. The molecule has 1 heterocycles. The van der Waals surface area contributed by atoms with Gasteiger partial charge in [0.2, 0.25) is 0 Å². The maximum absolute atomic E-state index is 9.50. The van der Waals surface area contributed by atoms with Crippen LogP contribution in [-0.2, 0) is 6.42 Å². The Morgan fingerprint density at radius 3 is 2.24 bits per heavy atom. The van der Waals surface area contributed by atoms with E-state index < -0.39 is 0 Å². The number of nitrogen functional groups attached to an aromatic ring is 1. The van der Waals surface area contributed by atoms with Crippen LogP contribution < -0.4 is 10.5 Å². The molecule has 0 bridgehead atoms. The summed E-state index contributed by atoms with van der Waals surface area (Å²) in [6, 6.07) is 19.9. The van der Waals surface area contributed by atoms with Gasteiger partial charge in [0, 0.05) is 11.1 Å². The number of aryl methyl sites for hydroxylation is 1. The van der Waals surface area contributed by atoms with Crippen molar-refractivity contribution in [1.82, 2.24) is 4.98 Å². The molecule has 1 aromatic heterocycles. The Morgan fingerprint density at radius 2 is 1.68 bits per heavy atom. The molecule has 0 saturated carbocycles. The van der Waals surface area contributed by atoms with Gasteiger partial charge >= 0.3 is 0 Å². The summed E-state index contributed by atoms with van der Waals surface area (Å²) >= 11 is 0. The molecule has 124 valence electrons. The SMILES string of the molecule is CCc1ccc(-c2cc(-c3ccc(OC)cc3)nc(N)c2C#N)cc1. The number of nitriles is 1. The number of aromatic nitrogens is 1. The molecule has 2 N–H and O–H groups in total. The van der Waals surface area contributed by atoms with E-state index in [1.807, 2.05) is 42.5 Å². The van der Waals surface area contributed by atoms with Crippen LogP contribution in [0.5, 0.6) is 5.75 Å². The Labute approximate surface area is 147 Å². The predicted molar refractivity (Wildman–Crippen MR) is 100 cm³/mol. The summed E-state index contributed by atoms with van der Waals surface area (Å²) in [5, 5.41) is 9.50. The molecule has 0 unspecified atom stereocenters. The average Bonchev–Trinajstić information content (AvgIpc) is 2.67. The fourth-order valence-electron chi connectivity index (χ4n) is 2.74. The molecule has 0 fully saturated rings. The largest absolute Gasteiger partial charge is 0.497 e. The second kappa shape index (κ2) is 7.06. The molecule has 0 radical (unpaired) electrons. The molecule has 0 saturated heterocycles. The van der Waals surface area contributed by atoms with Crippen LogP contribution in [0.15, 0.2) is 54.6 Å². The molecule has 0 aliphatic rings. The van der Waals surface area contributed by atoms with Crippen molar-refractivity contribution in [3.05, 3.63) is 65.7 Å². The number of rotatable bonds is 4. The molecule has 0 spiro atoms. The Balaban J connectivity index is 2.12. The number of hydrogen-bond acceptors (Lipinski definition) is 4. The van der Waals surface area contributed by atoms with E-state index in [4.69, 9.17) is 10.5 Å². The molecular formula is C21H19N3O. The molecular weight excluding hydrogens is 310 g/mol. The Bertz CT molecular complexity index is 923. The van der Waals surface area contributed by atoms with Crippen LogP contribution in [0.25, 0.3) is 22.4 Å². The predicted octanol–water partition coefficient (Wildman–Crippen LogP) is 4.44. The second-order valence-electron chi connectivity index (χ2n) is 5.71. The van der Waals surface area contributed by atoms with Gasteiger partial charge in [0.25, 0.3) is 0 Å². The average molecular weight is 329 g/mol. The third kappa shape index (κ3) is 3.31. The number of anilines is 1. The van der Waals surface area contributed by atoms with E-state index in [-0.39, 0.29) is 5.82 Å². The molecule has 25 heavy (non-hydrogen) atoms. The number of nitrogens with zero attached hydrogens (tertiary/aromatic N) is 2. The van der Waals surface area contributed by atoms with Gasteiger partial charge in [0.1, 0.15) is 23.2 Å². The summed E-state index contributed by atoms with van der Waals surface area (Å²) in [4.78, 5) is 4.40. The quantitative estimate of drug-likeness (QED) is 0.768. The van der Waals surface area contributed by atoms with Gasteiger partial charge < -0.3 is 10.5 Å². The van der Waals surface area contributed by atoms with Gasteiger partial charge in [-0.1, -0.05) is 31.2 Å². The summed E-state index contributed by atoms with van der Waals surface area (Å²) in [5.74, 6) is 1.02. The van der Waals surface area contributed by atoms with Gasteiger partial charge in [-0.15, -0.1) is 0 Å². The zero-order chi connectivity index (χ0) is 17.8. The normalized spacial score (nSPS) is 10.3. The minimum absolute atomic E-state index is 0.241. The van der Waals surface area contributed by atoms with Crippen molar-refractivity contribution in [1.29, 1.82) is 5.26 Å². The Kier molecular flexibility index (Phi) is 4.67. The Morgan fingerprint density at radius 1 is 1.04 bits per heavy atom. The fraction of sp³-hybridized carbons (Fsp3) is 0.143.